The molecule has 1 heterocycles. The van der Waals surface area contributed by atoms with Gasteiger partial charge < -0.3 is 33.5 Å². The van der Waals surface area contributed by atoms with Crippen LogP contribution in [0.2, 0.25) is 0 Å². The number of benzene rings is 4. The number of carbonyl (C=O) groups is 1. The van der Waals surface area contributed by atoms with E-state index in [9.17, 15) is 9.90 Å². The monoisotopic (exact) mass is 626 g/mol. The van der Waals surface area contributed by atoms with Crippen molar-refractivity contribution < 1.29 is 38.3 Å². The molecule has 0 bridgehead atoms. The minimum Gasteiger partial charge on any atom is -0.481 e. The molecule has 1 N–H and O–H groups in total. The van der Waals surface area contributed by atoms with Gasteiger partial charge in [-0.25, -0.2) is 0 Å². The lowest BCUT2D eigenvalue weighted by Crippen LogP contribution is -2.62. The van der Waals surface area contributed by atoms with E-state index in [0.29, 0.717) is 19.8 Å². The van der Waals surface area contributed by atoms with Crippen molar-refractivity contribution in [1.82, 2.24) is 0 Å². The van der Waals surface area contributed by atoms with Crippen LogP contribution < -0.4 is 0 Å². The van der Waals surface area contributed by atoms with Crippen molar-refractivity contribution in [3.05, 3.63) is 144 Å². The Morgan fingerprint density at radius 2 is 1.02 bits per heavy atom. The molecule has 0 aliphatic carbocycles. The van der Waals surface area contributed by atoms with E-state index in [2.05, 4.69) is 0 Å². The van der Waals surface area contributed by atoms with Gasteiger partial charge in [-0.05, 0) is 29.2 Å². The first-order valence-electron chi connectivity index (χ1n) is 15.6. The van der Waals surface area contributed by atoms with Crippen molar-refractivity contribution >= 4 is 5.97 Å². The van der Waals surface area contributed by atoms with E-state index in [1.807, 2.05) is 121 Å². The second-order valence-electron chi connectivity index (χ2n) is 11.4. The number of hydrogen-bond donors (Lipinski definition) is 1. The molecule has 242 valence electrons. The van der Waals surface area contributed by atoms with Gasteiger partial charge in [-0.2, -0.15) is 0 Å². The summed E-state index contributed by atoms with van der Waals surface area (Å²) in [5.41, 5.74) is 4.00. The fourth-order valence-corrected chi connectivity index (χ4v) is 5.19. The van der Waals surface area contributed by atoms with Crippen molar-refractivity contribution in [2.45, 2.75) is 64.1 Å². The van der Waals surface area contributed by atoms with Crippen molar-refractivity contribution in [3.63, 3.8) is 0 Å². The van der Waals surface area contributed by atoms with Gasteiger partial charge in [0, 0.05) is 0 Å². The van der Waals surface area contributed by atoms with Gasteiger partial charge in [-0.1, -0.05) is 121 Å². The summed E-state index contributed by atoms with van der Waals surface area (Å²) in [6.07, 6.45) is -3.52. The highest BCUT2D eigenvalue weighted by Crippen LogP contribution is 2.32. The Bertz CT molecular complexity index is 1420. The highest BCUT2D eigenvalue weighted by Gasteiger charge is 2.49. The van der Waals surface area contributed by atoms with Crippen molar-refractivity contribution in [2.24, 2.45) is 5.92 Å². The topological polar surface area (TPSA) is 92.7 Å². The first-order valence-corrected chi connectivity index (χ1v) is 15.6. The molecular formula is C38H42O8. The zero-order valence-electron chi connectivity index (χ0n) is 26.1. The predicted molar refractivity (Wildman–Crippen MR) is 173 cm³/mol. The lowest BCUT2D eigenvalue weighted by Gasteiger charge is -2.46. The van der Waals surface area contributed by atoms with E-state index in [1.54, 1.807) is 6.92 Å². The summed E-state index contributed by atoms with van der Waals surface area (Å²) in [7, 11) is 0. The third kappa shape index (κ3) is 10.1. The molecule has 1 fully saturated rings. The highest BCUT2D eigenvalue weighted by atomic mass is 16.7. The number of ether oxygens (including phenoxy) is 6. The Hall–Kier alpha value is -3.89. The minimum atomic E-state index is -0.957. The van der Waals surface area contributed by atoms with Gasteiger partial charge >= 0.3 is 5.97 Å². The second-order valence-corrected chi connectivity index (χ2v) is 11.4. The maximum atomic E-state index is 11.7. The van der Waals surface area contributed by atoms with Crippen LogP contribution >= 0.6 is 0 Å². The summed E-state index contributed by atoms with van der Waals surface area (Å²) in [5, 5.41) is 9.57. The van der Waals surface area contributed by atoms with Gasteiger partial charge in [0.1, 0.15) is 24.4 Å². The van der Waals surface area contributed by atoms with Gasteiger partial charge in [0.15, 0.2) is 6.29 Å². The predicted octanol–water partition coefficient (Wildman–Crippen LogP) is 6.42. The second kappa shape index (κ2) is 17.7. The Morgan fingerprint density at radius 3 is 1.48 bits per heavy atom. The molecule has 0 saturated carbocycles. The molecule has 1 aliphatic heterocycles. The SMILES string of the molecule is C[C@H](COC1O[C@H](COCc2ccccc2)[C@@H](OCc2ccccc2)[C@H](OCc2ccccc2)[C@@H]1OCc1ccccc1)C(=O)O. The van der Waals surface area contributed by atoms with E-state index in [4.69, 9.17) is 28.4 Å². The average molecular weight is 627 g/mol. The van der Waals surface area contributed by atoms with Crippen LogP contribution in [0.1, 0.15) is 29.2 Å². The molecule has 0 aromatic heterocycles. The van der Waals surface area contributed by atoms with Crippen LogP contribution in [0.25, 0.3) is 0 Å². The Kier molecular flexibility index (Phi) is 12.9. The van der Waals surface area contributed by atoms with E-state index in [0.717, 1.165) is 22.3 Å². The summed E-state index contributed by atoms with van der Waals surface area (Å²) in [5.74, 6) is -1.71. The van der Waals surface area contributed by atoms with Crippen LogP contribution in [-0.4, -0.2) is 55.0 Å². The van der Waals surface area contributed by atoms with Crippen LogP contribution in [0.15, 0.2) is 121 Å². The van der Waals surface area contributed by atoms with Crippen molar-refractivity contribution in [2.75, 3.05) is 13.2 Å². The Balaban J connectivity index is 1.44. The van der Waals surface area contributed by atoms with E-state index < -0.39 is 42.6 Å². The molecule has 8 nitrogen and oxygen atoms in total. The fraction of sp³-hybridized carbons (Fsp3) is 0.342. The molecule has 46 heavy (non-hydrogen) atoms. The highest BCUT2D eigenvalue weighted by molar-refractivity contribution is 5.69. The zero-order chi connectivity index (χ0) is 32.0. The van der Waals surface area contributed by atoms with E-state index in [-0.39, 0.29) is 19.8 Å². The lowest BCUT2D eigenvalue weighted by molar-refractivity contribution is -0.329. The average Bonchev–Trinajstić information content (AvgIpc) is 3.10. The quantitative estimate of drug-likeness (QED) is 0.144. The van der Waals surface area contributed by atoms with Gasteiger partial charge in [-0.3, -0.25) is 4.79 Å². The normalized spacial score (nSPS) is 21.9. The maximum Gasteiger partial charge on any atom is 0.308 e. The summed E-state index contributed by atoms with van der Waals surface area (Å²) < 4.78 is 38.7. The number of hydrogen-bond acceptors (Lipinski definition) is 7. The van der Waals surface area contributed by atoms with Crippen LogP contribution in [0.3, 0.4) is 0 Å². The molecule has 0 radical (unpaired) electrons. The lowest BCUT2D eigenvalue weighted by atomic mass is 9.97. The molecular weight excluding hydrogens is 584 g/mol. The molecule has 6 atom stereocenters. The molecule has 0 amide bonds. The van der Waals surface area contributed by atoms with Crippen molar-refractivity contribution in [3.8, 4) is 0 Å². The molecule has 1 unspecified atom stereocenters. The van der Waals surface area contributed by atoms with E-state index >= 15 is 0 Å². The first-order chi connectivity index (χ1) is 22.6. The number of carboxylic acids is 1. The molecule has 8 heteroatoms. The smallest absolute Gasteiger partial charge is 0.308 e. The van der Waals surface area contributed by atoms with Gasteiger partial charge in [0.2, 0.25) is 0 Å². The van der Waals surface area contributed by atoms with Crippen LogP contribution in [-0.2, 0) is 59.6 Å². The van der Waals surface area contributed by atoms with Gasteiger partial charge in [0.05, 0.1) is 45.6 Å². The largest absolute Gasteiger partial charge is 0.481 e. The Labute approximate surface area is 270 Å². The molecule has 1 aliphatic rings. The standard InChI is InChI=1S/C38H42O8/c1-28(37(39)40)22-45-38-36(44-26-32-20-12-5-13-21-32)35(43-25-31-18-10-4-11-19-31)34(42-24-30-16-8-3-9-17-30)33(46-38)27-41-23-29-14-6-2-7-15-29/h2-21,28,33-36,38H,22-27H2,1H3,(H,39,40)/t28-,33-,34-,35+,36+,38?/m1/s1. The Morgan fingerprint density at radius 1 is 0.609 bits per heavy atom. The first kappa shape index (κ1) is 33.5. The molecule has 0 spiro atoms. The zero-order valence-corrected chi connectivity index (χ0v) is 26.1. The van der Waals surface area contributed by atoms with Crippen LogP contribution in [0, 0.1) is 5.92 Å². The van der Waals surface area contributed by atoms with Crippen LogP contribution in [0.5, 0.6) is 0 Å². The van der Waals surface area contributed by atoms with Gasteiger partial charge in [-0.15, -0.1) is 0 Å². The summed E-state index contributed by atoms with van der Waals surface area (Å²) in [4.78, 5) is 11.7. The van der Waals surface area contributed by atoms with Crippen molar-refractivity contribution in [1.29, 1.82) is 0 Å². The van der Waals surface area contributed by atoms with Crippen LogP contribution in [0.4, 0.5) is 0 Å². The summed E-state index contributed by atoms with van der Waals surface area (Å²) in [6, 6.07) is 39.5. The summed E-state index contributed by atoms with van der Waals surface area (Å²) in [6.45, 7) is 3.01. The van der Waals surface area contributed by atoms with Gasteiger partial charge in [0.25, 0.3) is 0 Å². The number of carboxylic acid groups (broad SMARTS) is 1. The molecule has 4 aromatic carbocycles. The third-order valence-electron chi connectivity index (χ3n) is 7.77. The molecule has 4 aromatic rings. The summed E-state index contributed by atoms with van der Waals surface area (Å²) >= 11 is 0. The number of rotatable bonds is 17. The maximum absolute atomic E-state index is 11.7. The third-order valence-corrected chi connectivity index (χ3v) is 7.77. The molecule has 1 saturated heterocycles. The minimum absolute atomic E-state index is 0.0657. The number of aliphatic carboxylic acids is 1. The van der Waals surface area contributed by atoms with E-state index in [1.165, 1.54) is 0 Å². The fourth-order valence-electron chi connectivity index (χ4n) is 5.19. The molecule has 5 rings (SSSR count).